The normalized spacial score (nSPS) is 13.4. The predicted octanol–water partition coefficient (Wildman–Crippen LogP) is 13.8. The van der Waals surface area contributed by atoms with Crippen LogP contribution in [0.5, 0.6) is 0 Å². The van der Waals surface area contributed by atoms with Crippen LogP contribution in [0.25, 0.3) is 0 Å². The van der Waals surface area contributed by atoms with Gasteiger partial charge in [-0.25, -0.2) is 0 Å². The Kier molecular flexibility index (Phi) is 41.6. The molecular weight excluding hydrogens is 671 g/mol. The third-order valence-electron chi connectivity index (χ3n) is 11.1. The topological polar surface area (TPSA) is 95.9 Å². The van der Waals surface area contributed by atoms with Crippen molar-refractivity contribution in [2.45, 2.75) is 277 Å². The molecule has 1 amide bonds. The average molecular weight is 764 g/mol. The summed E-state index contributed by atoms with van der Waals surface area (Å²) in [5.41, 5.74) is 0. The Morgan fingerprint density at radius 1 is 0.519 bits per heavy atom. The first kappa shape index (κ1) is 52.6. The highest BCUT2D eigenvalue weighted by atomic mass is 16.5. The minimum atomic E-state index is -0.781. The summed E-state index contributed by atoms with van der Waals surface area (Å²) in [6.07, 6.45) is 45.5. The van der Waals surface area contributed by atoms with E-state index in [4.69, 9.17) is 4.74 Å². The molecule has 0 rings (SSSR count). The van der Waals surface area contributed by atoms with Gasteiger partial charge in [0.15, 0.2) is 0 Å². The Hall–Kier alpha value is -1.40. The molecule has 0 fully saturated rings. The molecule has 54 heavy (non-hydrogen) atoms. The number of aliphatic hydroxyl groups is 2. The van der Waals surface area contributed by atoms with Crippen LogP contribution in [-0.2, 0) is 14.3 Å². The number of ether oxygens (including phenoxy) is 1. The maximum Gasteiger partial charge on any atom is 0.306 e. The van der Waals surface area contributed by atoms with Crippen LogP contribution in [0.2, 0.25) is 0 Å². The van der Waals surface area contributed by atoms with E-state index in [0.717, 1.165) is 57.8 Å². The van der Waals surface area contributed by atoms with E-state index in [1.54, 1.807) is 0 Å². The minimum absolute atomic E-state index is 0.0808. The van der Waals surface area contributed by atoms with Gasteiger partial charge in [-0.2, -0.15) is 0 Å². The largest absolute Gasteiger partial charge is 0.462 e. The Morgan fingerprint density at radius 2 is 0.926 bits per heavy atom. The molecule has 0 aromatic rings. The number of unbranched alkanes of at least 4 members (excludes halogenated alkanes) is 29. The van der Waals surface area contributed by atoms with Gasteiger partial charge in [0.05, 0.1) is 25.2 Å². The summed E-state index contributed by atoms with van der Waals surface area (Å²) in [6.45, 7) is 6.42. The lowest BCUT2D eigenvalue weighted by Gasteiger charge is -2.24. The van der Waals surface area contributed by atoms with Crippen molar-refractivity contribution in [3.8, 4) is 0 Å². The van der Waals surface area contributed by atoms with E-state index in [-0.39, 0.29) is 24.9 Å². The third-order valence-corrected chi connectivity index (χ3v) is 11.1. The molecule has 0 radical (unpaired) electrons. The molecule has 3 unspecified atom stereocenters. The summed E-state index contributed by atoms with van der Waals surface area (Å²) in [5.74, 6) is -0.473. The van der Waals surface area contributed by atoms with Crippen LogP contribution in [0.1, 0.15) is 258 Å². The number of hydrogen-bond donors (Lipinski definition) is 3. The number of amides is 1. The highest BCUT2D eigenvalue weighted by Gasteiger charge is 2.24. The molecule has 0 aliphatic rings. The minimum Gasteiger partial charge on any atom is -0.462 e. The second-order valence-corrected chi connectivity index (χ2v) is 16.5. The lowest BCUT2D eigenvalue weighted by atomic mass is 10.0. The van der Waals surface area contributed by atoms with Crippen molar-refractivity contribution >= 4 is 11.9 Å². The smallest absolute Gasteiger partial charge is 0.306 e. The van der Waals surface area contributed by atoms with Crippen molar-refractivity contribution in [2.75, 3.05) is 6.61 Å². The van der Waals surface area contributed by atoms with Crippen LogP contribution in [0, 0.1) is 0 Å². The quantitative estimate of drug-likeness (QED) is 0.0326. The first-order valence-corrected chi connectivity index (χ1v) is 23.9. The zero-order valence-corrected chi connectivity index (χ0v) is 36.4. The molecule has 3 N–H and O–H groups in total. The first-order valence-electron chi connectivity index (χ1n) is 23.9. The van der Waals surface area contributed by atoms with E-state index in [1.165, 1.54) is 154 Å². The fourth-order valence-electron chi connectivity index (χ4n) is 7.43. The highest BCUT2D eigenvalue weighted by molar-refractivity contribution is 5.77. The van der Waals surface area contributed by atoms with Crippen LogP contribution < -0.4 is 5.32 Å². The summed E-state index contributed by atoms with van der Waals surface area (Å²) in [7, 11) is 0. The van der Waals surface area contributed by atoms with Gasteiger partial charge < -0.3 is 20.3 Å². The maximum atomic E-state index is 13.1. The summed E-state index contributed by atoms with van der Waals surface area (Å²) < 4.78 is 5.90. The van der Waals surface area contributed by atoms with Crippen LogP contribution in [0.4, 0.5) is 0 Å². The van der Waals surface area contributed by atoms with Gasteiger partial charge in [0.25, 0.3) is 0 Å². The van der Waals surface area contributed by atoms with Crippen molar-refractivity contribution in [1.82, 2.24) is 5.32 Å². The van der Waals surface area contributed by atoms with Crippen LogP contribution in [0.3, 0.4) is 0 Å². The van der Waals surface area contributed by atoms with Crippen molar-refractivity contribution in [3.63, 3.8) is 0 Å². The van der Waals surface area contributed by atoms with E-state index in [0.29, 0.717) is 19.3 Å². The van der Waals surface area contributed by atoms with Crippen molar-refractivity contribution < 1.29 is 24.5 Å². The molecule has 0 aromatic carbocycles. The maximum absolute atomic E-state index is 13.1. The number of carbonyl (C=O) groups excluding carboxylic acids is 2. The lowest BCUT2D eigenvalue weighted by Crippen LogP contribution is -2.46. The fraction of sp³-hybridized carbons (Fsp3) is 0.917. The molecule has 0 aliphatic carbocycles. The standard InChI is InChI=1S/C48H93NO5/c1-4-7-10-13-16-19-22-23-24-26-27-30-33-36-39-44(54-48(53)41-38-35-32-29-21-18-15-12-9-6-3)42-47(52)49-45(43-50)46(51)40-37-34-31-28-25-20-17-14-11-8-5-2/h12,15,44-46,50-51H,4-11,13-14,16-43H2,1-3H3,(H,49,52)/b15-12-. The number of allylic oxidation sites excluding steroid dienone is 2. The van der Waals surface area contributed by atoms with Gasteiger partial charge in [0.2, 0.25) is 5.91 Å². The predicted molar refractivity (Wildman–Crippen MR) is 232 cm³/mol. The second kappa shape index (κ2) is 42.7. The summed E-state index contributed by atoms with van der Waals surface area (Å²) in [6, 6.07) is -0.694. The number of esters is 1. The molecule has 0 bridgehead atoms. The van der Waals surface area contributed by atoms with Gasteiger partial charge in [-0.05, 0) is 44.9 Å². The lowest BCUT2D eigenvalue weighted by molar-refractivity contribution is -0.151. The average Bonchev–Trinajstić information content (AvgIpc) is 3.16. The van der Waals surface area contributed by atoms with Gasteiger partial charge in [-0.1, -0.05) is 213 Å². The molecule has 0 saturated carbocycles. The molecule has 0 aromatic heterocycles. The summed E-state index contributed by atoms with van der Waals surface area (Å²) in [4.78, 5) is 26.0. The Morgan fingerprint density at radius 3 is 1.39 bits per heavy atom. The number of hydrogen-bond acceptors (Lipinski definition) is 5. The van der Waals surface area contributed by atoms with E-state index in [1.807, 2.05) is 0 Å². The third kappa shape index (κ3) is 37.5. The van der Waals surface area contributed by atoms with E-state index in [2.05, 4.69) is 38.2 Å². The molecule has 0 saturated heterocycles. The molecule has 0 aliphatic heterocycles. The van der Waals surface area contributed by atoms with Gasteiger partial charge in [-0.3, -0.25) is 9.59 Å². The molecule has 0 spiro atoms. The van der Waals surface area contributed by atoms with E-state index < -0.39 is 18.2 Å². The summed E-state index contributed by atoms with van der Waals surface area (Å²) >= 11 is 0. The summed E-state index contributed by atoms with van der Waals surface area (Å²) in [5, 5.41) is 23.7. The van der Waals surface area contributed by atoms with Crippen molar-refractivity contribution in [1.29, 1.82) is 0 Å². The Bertz CT molecular complexity index is 817. The van der Waals surface area contributed by atoms with Gasteiger partial charge in [0, 0.05) is 6.42 Å². The van der Waals surface area contributed by atoms with Gasteiger partial charge in [-0.15, -0.1) is 0 Å². The van der Waals surface area contributed by atoms with E-state index >= 15 is 0 Å². The zero-order chi connectivity index (χ0) is 39.6. The highest BCUT2D eigenvalue weighted by Crippen LogP contribution is 2.18. The molecule has 3 atom stereocenters. The fourth-order valence-corrected chi connectivity index (χ4v) is 7.43. The molecule has 320 valence electrons. The molecular formula is C48H93NO5. The number of aliphatic hydroxyl groups excluding tert-OH is 2. The van der Waals surface area contributed by atoms with Gasteiger partial charge in [0.1, 0.15) is 6.10 Å². The van der Waals surface area contributed by atoms with Crippen LogP contribution in [0.15, 0.2) is 12.2 Å². The monoisotopic (exact) mass is 764 g/mol. The number of rotatable bonds is 43. The first-order chi connectivity index (χ1) is 26.5. The second-order valence-electron chi connectivity index (χ2n) is 16.5. The molecule has 6 nitrogen and oxygen atoms in total. The molecule has 6 heteroatoms. The Balaban J connectivity index is 4.55. The van der Waals surface area contributed by atoms with Crippen molar-refractivity contribution in [2.24, 2.45) is 0 Å². The van der Waals surface area contributed by atoms with Gasteiger partial charge >= 0.3 is 5.97 Å². The van der Waals surface area contributed by atoms with Crippen molar-refractivity contribution in [3.05, 3.63) is 12.2 Å². The van der Waals surface area contributed by atoms with Crippen LogP contribution >= 0.6 is 0 Å². The SMILES string of the molecule is CCC/C=C\CCCCCCCC(=O)OC(CCCCCCCCCCCCCCCC)CC(=O)NC(CO)C(O)CCCCCCCCCCCCC. The zero-order valence-electron chi connectivity index (χ0n) is 36.4. The number of carbonyl (C=O) groups is 2. The van der Waals surface area contributed by atoms with Crippen LogP contribution in [-0.4, -0.2) is 46.9 Å². The Labute approximate surface area is 336 Å². The number of nitrogens with one attached hydrogen (secondary N) is 1. The van der Waals surface area contributed by atoms with E-state index in [9.17, 15) is 19.8 Å². The molecule has 0 heterocycles.